The van der Waals surface area contributed by atoms with E-state index in [4.69, 9.17) is 23.2 Å². The van der Waals surface area contributed by atoms with E-state index in [1.807, 2.05) is 0 Å². The number of carbonyl (C=O) groups excluding carboxylic acids is 1. The van der Waals surface area contributed by atoms with E-state index in [1.165, 1.54) is 28.6 Å². The Hall–Kier alpha value is -1.67. The third-order valence-corrected chi connectivity index (χ3v) is 7.36. The van der Waals surface area contributed by atoms with E-state index in [1.54, 1.807) is 18.2 Å². The van der Waals surface area contributed by atoms with Gasteiger partial charge in [-0.15, -0.1) is 0 Å². The number of nitrogens with one attached hydrogen (secondary N) is 1. The first-order valence-corrected chi connectivity index (χ1v) is 10.9. The number of amides is 1. The summed E-state index contributed by atoms with van der Waals surface area (Å²) < 4.78 is 40.6. The second kappa shape index (κ2) is 8.78. The Bertz CT molecular complexity index is 977. The van der Waals surface area contributed by atoms with Crippen molar-refractivity contribution in [3.8, 4) is 0 Å². The third kappa shape index (κ3) is 4.66. The molecule has 0 aromatic heterocycles. The van der Waals surface area contributed by atoms with Gasteiger partial charge >= 0.3 is 0 Å². The highest BCUT2D eigenvalue weighted by Crippen LogP contribution is 2.30. The maximum Gasteiger partial charge on any atom is 0.244 e. The van der Waals surface area contributed by atoms with Gasteiger partial charge in [0.15, 0.2) is 0 Å². The Kier molecular flexibility index (Phi) is 6.60. The zero-order chi connectivity index (χ0) is 20.3. The molecule has 150 valence electrons. The minimum absolute atomic E-state index is 0.0379. The molecule has 1 aliphatic rings. The number of halogens is 3. The normalized spacial score (nSPS) is 16.1. The Balaban J connectivity index is 1.60. The van der Waals surface area contributed by atoms with Crippen molar-refractivity contribution in [2.75, 3.05) is 13.1 Å². The van der Waals surface area contributed by atoms with Crippen LogP contribution < -0.4 is 5.32 Å². The van der Waals surface area contributed by atoms with Crippen molar-refractivity contribution in [3.63, 3.8) is 0 Å². The molecule has 1 amide bonds. The molecule has 0 saturated carbocycles. The van der Waals surface area contributed by atoms with Crippen LogP contribution in [0.3, 0.4) is 0 Å². The maximum atomic E-state index is 13.6. The van der Waals surface area contributed by atoms with E-state index < -0.39 is 10.0 Å². The molecule has 28 heavy (non-hydrogen) atoms. The van der Waals surface area contributed by atoms with E-state index in [9.17, 15) is 17.6 Å². The third-order valence-electron chi connectivity index (χ3n) is 4.75. The van der Waals surface area contributed by atoms with Gasteiger partial charge in [-0.1, -0.05) is 41.4 Å². The lowest BCUT2D eigenvalue weighted by molar-refractivity contribution is -0.126. The smallest absolute Gasteiger partial charge is 0.244 e. The van der Waals surface area contributed by atoms with Gasteiger partial charge in [-0.05, 0) is 37.1 Å². The van der Waals surface area contributed by atoms with Gasteiger partial charge in [0, 0.05) is 36.1 Å². The standard InChI is InChI=1S/C19H19Cl2FN2O3S/c20-15-5-6-16(21)18(11-15)28(26,27)24-9-7-13(8-10-24)19(25)23-12-14-3-1-2-4-17(14)22/h1-6,11,13H,7-10,12H2,(H,23,25). The van der Waals surface area contributed by atoms with Gasteiger partial charge in [-0.2, -0.15) is 4.31 Å². The number of hydrogen-bond donors (Lipinski definition) is 1. The summed E-state index contributed by atoms with van der Waals surface area (Å²) in [5.41, 5.74) is 0.409. The van der Waals surface area contributed by atoms with Crippen LogP contribution in [0, 0.1) is 11.7 Å². The van der Waals surface area contributed by atoms with Crippen molar-refractivity contribution in [1.29, 1.82) is 0 Å². The minimum Gasteiger partial charge on any atom is -0.352 e. The first-order chi connectivity index (χ1) is 13.3. The topological polar surface area (TPSA) is 66.5 Å². The highest BCUT2D eigenvalue weighted by molar-refractivity contribution is 7.89. The van der Waals surface area contributed by atoms with Crippen molar-refractivity contribution < 1.29 is 17.6 Å². The number of hydrogen-bond acceptors (Lipinski definition) is 3. The van der Waals surface area contributed by atoms with Crippen molar-refractivity contribution in [2.45, 2.75) is 24.3 Å². The summed E-state index contributed by atoms with van der Waals surface area (Å²) in [6.45, 7) is 0.494. The summed E-state index contributed by atoms with van der Waals surface area (Å²) in [6, 6.07) is 10.5. The molecule has 9 heteroatoms. The number of sulfonamides is 1. The fourth-order valence-corrected chi connectivity index (χ4v) is 5.35. The Morgan fingerprint density at radius 2 is 1.82 bits per heavy atom. The predicted octanol–water partition coefficient (Wildman–Crippen LogP) is 3.85. The number of carbonyl (C=O) groups is 1. The van der Waals surface area contributed by atoms with Crippen LogP contribution in [0.1, 0.15) is 18.4 Å². The Morgan fingerprint density at radius 1 is 1.14 bits per heavy atom. The molecule has 0 unspecified atom stereocenters. The SMILES string of the molecule is O=C(NCc1ccccc1F)C1CCN(S(=O)(=O)c2cc(Cl)ccc2Cl)CC1. The van der Waals surface area contributed by atoms with E-state index in [0.717, 1.165) is 0 Å². The second-order valence-corrected chi connectivity index (χ2v) is 9.31. The van der Waals surface area contributed by atoms with Crippen LogP contribution >= 0.6 is 23.2 Å². The van der Waals surface area contributed by atoms with E-state index >= 15 is 0 Å². The van der Waals surface area contributed by atoms with Crippen molar-refractivity contribution in [2.24, 2.45) is 5.92 Å². The molecule has 2 aromatic carbocycles. The molecule has 1 saturated heterocycles. The molecule has 2 aromatic rings. The lowest BCUT2D eigenvalue weighted by Crippen LogP contribution is -2.43. The highest BCUT2D eigenvalue weighted by Gasteiger charge is 2.33. The van der Waals surface area contributed by atoms with E-state index in [-0.39, 0.29) is 52.2 Å². The highest BCUT2D eigenvalue weighted by atomic mass is 35.5. The lowest BCUT2D eigenvalue weighted by Gasteiger charge is -2.30. The van der Waals surface area contributed by atoms with Crippen molar-refractivity contribution >= 4 is 39.1 Å². The lowest BCUT2D eigenvalue weighted by atomic mass is 9.97. The van der Waals surface area contributed by atoms with Gasteiger partial charge in [0.2, 0.25) is 15.9 Å². The summed E-state index contributed by atoms with van der Waals surface area (Å²) >= 11 is 11.9. The number of piperidine rings is 1. The monoisotopic (exact) mass is 444 g/mol. The second-order valence-electron chi connectivity index (χ2n) is 6.56. The molecule has 0 atom stereocenters. The molecule has 3 rings (SSSR count). The molecule has 0 bridgehead atoms. The molecule has 1 fully saturated rings. The summed E-state index contributed by atoms with van der Waals surface area (Å²) in [7, 11) is -3.79. The molecular weight excluding hydrogens is 426 g/mol. The van der Waals surface area contributed by atoms with Crippen LogP contribution in [0.2, 0.25) is 10.0 Å². The van der Waals surface area contributed by atoms with Crippen LogP contribution in [0.15, 0.2) is 47.4 Å². The number of rotatable bonds is 5. The van der Waals surface area contributed by atoms with Crippen LogP contribution in [-0.4, -0.2) is 31.7 Å². The Labute approximate surface area is 173 Å². The summed E-state index contributed by atoms with van der Waals surface area (Å²) in [5, 5.41) is 3.11. The minimum atomic E-state index is -3.79. The average Bonchev–Trinajstić information content (AvgIpc) is 2.69. The van der Waals surface area contributed by atoms with Gasteiger partial charge in [0.05, 0.1) is 5.02 Å². The molecule has 0 radical (unpaired) electrons. The molecule has 1 N–H and O–H groups in total. The largest absolute Gasteiger partial charge is 0.352 e. The maximum absolute atomic E-state index is 13.6. The zero-order valence-electron chi connectivity index (χ0n) is 14.9. The van der Waals surface area contributed by atoms with Gasteiger partial charge in [-0.25, -0.2) is 12.8 Å². The van der Waals surface area contributed by atoms with Crippen LogP contribution in [-0.2, 0) is 21.4 Å². The van der Waals surface area contributed by atoms with Gasteiger partial charge < -0.3 is 5.32 Å². The summed E-state index contributed by atoms with van der Waals surface area (Å²) in [6.07, 6.45) is 0.751. The van der Waals surface area contributed by atoms with Gasteiger partial charge in [0.1, 0.15) is 10.7 Å². The van der Waals surface area contributed by atoms with E-state index in [2.05, 4.69) is 5.32 Å². The van der Waals surface area contributed by atoms with Crippen LogP contribution in [0.25, 0.3) is 0 Å². The summed E-state index contributed by atoms with van der Waals surface area (Å²) in [5.74, 6) is -0.906. The quantitative estimate of drug-likeness (QED) is 0.761. The number of benzene rings is 2. The first-order valence-electron chi connectivity index (χ1n) is 8.75. The fourth-order valence-electron chi connectivity index (χ4n) is 3.14. The molecular formula is C19H19Cl2FN2O3S. The van der Waals surface area contributed by atoms with Gasteiger partial charge in [0.25, 0.3) is 0 Å². The first kappa shape index (κ1) is 21.0. The predicted molar refractivity (Wildman–Crippen MR) is 106 cm³/mol. The van der Waals surface area contributed by atoms with Gasteiger partial charge in [-0.3, -0.25) is 4.79 Å². The fraction of sp³-hybridized carbons (Fsp3) is 0.316. The summed E-state index contributed by atoms with van der Waals surface area (Å²) in [4.78, 5) is 12.3. The number of nitrogens with zero attached hydrogens (tertiary/aromatic N) is 1. The molecule has 0 aliphatic carbocycles. The molecule has 1 heterocycles. The van der Waals surface area contributed by atoms with Crippen molar-refractivity contribution in [3.05, 3.63) is 63.9 Å². The zero-order valence-corrected chi connectivity index (χ0v) is 17.2. The average molecular weight is 445 g/mol. The molecule has 5 nitrogen and oxygen atoms in total. The molecule has 0 spiro atoms. The molecule has 1 aliphatic heterocycles. The van der Waals surface area contributed by atoms with E-state index in [0.29, 0.717) is 18.4 Å². The van der Waals surface area contributed by atoms with Crippen LogP contribution in [0.5, 0.6) is 0 Å². The Morgan fingerprint density at radius 3 is 2.50 bits per heavy atom. The van der Waals surface area contributed by atoms with Crippen LogP contribution in [0.4, 0.5) is 4.39 Å². The van der Waals surface area contributed by atoms with Crippen molar-refractivity contribution in [1.82, 2.24) is 9.62 Å².